The van der Waals surface area contributed by atoms with Gasteiger partial charge in [0.15, 0.2) is 6.29 Å². The van der Waals surface area contributed by atoms with Gasteiger partial charge in [0, 0.05) is 20.1 Å². The summed E-state index contributed by atoms with van der Waals surface area (Å²) in [4.78, 5) is 0. The highest BCUT2D eigenvalue weighted by atomic mass is 16.7. The van der Waals surface area contributed by atoms with Crippen LogP contribution in [-0.2, 0) is 9.47 Å². The molecule has 0 saturated heterocycles. The maximum absolute atomic E-state index is 5.45. The van der Waals surface area contributed by atoms with E-state index in [4.69, 9.17) is 9.47 Å². The van der Waals surface area contributed by atoms with Gasteiger partial charge in [0.2, 0.25) is 0 Å². The summed E-state index contributed by atoms with van der Waals surface area (Å²) >= 11 is 0. The van der Waals surface area contributed by atoms with E-state index in [1.54, 1.807) is 14.2 Å². The Morgan fingerprint density at radius 2 is 1.76 bits per heavy atom. The molecule has 0 spiro atoms. The molecule has 17 heavy (non-hydrogen) atoms. The highest BCUT2D eigenvalue weighted by Crippen LogP contribution is 2.52. The van der Waals surface area contributed by atoms with Gasteiger partial charge in [0.1, 0.15) is 0 Å². The third-order valence-electron chi connectivity index (χ3n) is 5.27. The first-order valence-electron chi connectivity index (χ1n) is 7.14. The van der Waals surface area contributed by atoms with Gasteiger partial charge in [-0.2, -0.15) is 0 Å². The van der Waals surface area contributed by atoms with Gasteiger partial charge < -0.3 is 9.47 Å². The first-order chi connectivity index (χ1) is 8.08. The molecule has 2 saturated carbocycles. The summed E-state index contributed by atoms with van der Waals surface area (Å²) in [5.74, 6) is 2.45. The molecule has 3 atom stereocenters. The molecule has 0 radical (unpaired) electrons. The fourth-order valence-corrected chi connectivity index (χ4v) is 4.38. The van der Waals surface area contributed by atoms with Crippen LogP contribution < -0.4 is 0 Å². The highest BCUT2D eigenvalue weighted by molar-refractivity contribution is 4.92. The Balaban J connectivity index is 2.00. The lowest BCUT2D eigenvalue weighted by Crippen LogP contribution is -2.41. The van der Waals surface area contributed by atoms with Gasteiger partial charge in [-0.25, -0.2) is 0 Å². The van der Waals surface area contributed by atoms with Crippen molar-refractivity contribution in [1.82, 2.24) is 0 Å². The predicted octanol–water partition coefficient (Wildman–Crippen LogP) is 3.85. The van der Waals surface area contributed by atoms with Crippen molar-refractivity contribution < 1.29 is 9.47 Å². The van der Waals surface area contributed by atoms with Crippen LogP contribution in [0.4, 0.5) is 0 Å². The van der Waals surface area contributed by atoms with Crippen molar-refractivity contribution in [2.24, 2.45) is 23.2 Å². The van der Waals surface area contributed by atoms with E-state index in [-0.39, 0.29) is 6.29 Å². The van der Waals surface area contributed by atoms with E-state index in [2.05, 4.69) is 13.8 Å². The molecule has 2 rings (SSSR count). The monoisotopic (exact) mass is 240 g/mol. The highest BCUT2D eigenvalue weighted by Gasteiger charge is 2.43. The van der Waals surface area contributed by atoms with Gasteiger partial charge in [-0.15, -0.1) is 0 Å². The van der Waals surface area contributed by atoms with Crippen molar-refractivity contribution in [3.63, 3.8) is 0 Å². The van der Waals surface area contributed by atoms with E-state index < -0.39 is 0 Å². The fraction of sp³-hybridized carbons (Fsp3) is 1.00. The summed E-state index contributed by atoms with van der Waals surface area (Å²) in [6.45, 7) is 4.93. The molecule has 2 fully saturated rings. The molecule has 100 valence electrons. The molecule has 0 heterocycles. The summed E-state index contributed by atoms with van der Waals surface area (Å²) in [6, 6.07) is 0. The van der Waals surface area contributed by atoms with Crippen molar-refractivity contribution in [3.05, 3.63) is 0 Å². The van der Waals surface area contributed by atoms with E-state index in [0.717, 1.165) is 11.8 Å². The average Bonchev–Trinajstić information content (AvgIpc) is 2.30. The van der Waals surface area contributed by atoms with Crippen molar-refractivity contribution >= 4 is 0 Å². The van der Waals surface area contributed by atoms with Gasteiger partial charge in [-0.1, -0.05) is 26.7 Å². The minimum atomic E-state index is 0.0148. The smallest absolute Gasteiger partial charge is 0.159 e. The molecule has 0 N–H and O–H groups in total. The lowest BCUT2D eigenvalue weighted by molar-refractivity contribution is -0.156. The van der Waals surface area contributed by atoms with E-state index >= 15 is 0 Å². The average molecular weight is 240 g/mol. The van der Waals surface area contributed by atoms with Crippen molar-refractivity contribution in [1.29, 1.82) is 0 Å². The van der Waals surface area contributed by atoms with Gasteiger partial charge in [0.05, 0.1) is 0 Å². The summed E-state index contributed by atoms with van der Waals surface area (Å²) in [5, 5.41) is 0. The molecular formula is C15H28O2. The fourth-order valence-electron chi connectivity index (χ4n) is 4.38. The van der Waals surface area contributed by atoms with Crippen molar-refractivity contribution in [2.45, 2.75) is 58.7 Å². The van der Waals surface area contributed by atoms with Crippen LogP contribution in [0.25, 0.3) is 0 Å². The Morgan fingerprint density at radius 1 is 1.06 bits per heavy atom. The van der Waals surface area contributed by atoms with Crippen LogP contribution in [0.2, 0.25) is 0 Å². The van der Waals surface area contributed by atoms with Gasteiger partial charge in [0.25, 0.3) is 0 Å². The number of hydrogen-bond donors (Lipinski definition) is 0. The third kappa shape index (κ3) is 2.68. The standard InChI is InChI=1S/C15H28O2/c1-15(2)9-5-6-11-10-12(7-8-13(11)15)14(16-3)17-4/h11-14H,5-10H2,1-4H3. The van der Waals surface area contributed by atoms with Crippen LogP contribution in [-0.4, -0.2) is 20.5 Å². The van der Waals surface area contributed by atoms with Crippen LogP contribution in [0, 0.1) is 23.2 Å². The Labute approximate surface area is 106 Å². The zero-order chi connectivity index (χ0) is 12.5. The van der Waals surface area contributed by atoms with Gasteiger partial charge >= 0.3 is 0 Å². The zero-order valence-corrected chi connectivity index (χ0v) is 11.9. The summed E-state index contributed by atoms with van der Waals surface area (Å²) in [6.07, 6.45) is 8.21. The minimum absolute atomic E-state index is 0.0148. The maximum Gasteiger partial charge on any atom is 0.159 e. The molecule has 0 bridgehead atoms. The van der Waals surface area contributed by atoms with Crippen LogP contribution in [0.15, 0.2) is 0 Å². The first-order valence-corrected chi connectivity index (χ1v) is 7.14. The number of rotatable bonds is 3. The summed E-state index contributed by atoms with van der Waals surface area (Å²) < 4.78 is 10.9. The number of fused-ring (bicyclic) bond motifs is 1. The second kappa shape index (κ2) is 5.27. The molecule has 0 aromatic carbocycles. The molecule has 0 aromatic heterocycles. The zero-order valence-electron chi connectivity index (χ0n) is 11.9. The third-order valence-corrected chi connectivity index (χ3v) is 5.27. The number of ether oxygens (including phenoxy) is 2. The van der Waals surface area contributed by atoms with Crippen LogP contribution in [0.5, 0.6) is 0 Å². The largest absolute Gasteiger partial charge is 0.356 e. The first kappa shape index (κ1) is 13.4. The van der Waals surface area contributed by atoms with Crippen molar-refractivity contribution in [2.75, 3.05) is 14.2 Å². The molecule has 0 aromatic rings. The molecule has 0 aliphatic heterocycles. The topological polar surface area (TPSA) is 18.5 Å². The Bertz CT molecular complexity index is 245. The summed E-state index contributed by atoms with van der Waals surface area (Å²) in [7, 11) is 3.54. The quantitative estimate of drug-likeness (QED) is 0.698. The van der Waals surface area contributed by atoms with Gasteiger partial charge in [-0.05, 0) is 42.9 Å². The molecule has 2 aliphatic rings. The van der Waals surface area contributed by atoms with Gasteiger partial charge in [-0.3, -0.25) is 0 Å². The maximum atomic E-state index is 5.45. The van der Waals surface area contributed by atoms with E-state index in [0.29, 0.717) is 11.3 Å². The number of methoxy groups -OCH3 is 2. The van der Waals surface area contributed by atoms with Crippen LogP contribution in [0.3, 0.4) is 0 Å². The van der Waals surface area contributed by atoms with E-state index in [9.17, 15) is 0 Å². The number of hydrogen-bond acceptors (Lipinski definition) is 2. The Hall–Kier alpha value is -0.0800. The van der Waals surface area contributed by atoms with Crippen LogP contribution in [0.1, 0.15) is 52.4 Å². The normalized spacial score (nSPS) is 36.9. The van der Waals surface area contributed by atoms with Crippen LogP contribution >= 0.6 is 0 Å². The van der Waals surface area contributed by atoms with E-state index in [1.165, 1.54) is 38.5 Å². The molecule has 2 nitrogen and oxygen atoms in total. The lowest BCUT2D eigenvalue weighted by Gasteiger charge is -2.49. The Kier molecular flexibility index (Phi) is 4.14. The molecular weight excluding hydrogens is 212 g/mol. The minimum Gasteiger partial charge on any atom is -0.356 e. The predicted molar refractivity (Wildman–Crippen MR) is 69.8 cm³/mol. The molecule has 2 aliphatic carbocycles. The molecule has 3 unspecified atom stereocenters. The molecule has 2 heteroatoms. The Morgan fingerprint density at radius 3 is 2.41 bits per heavy atom. The second-order valence-corrected chi connectivity index (χ2v) is 6.66. The SMILES string of the molecule is COC(OC)C1CCC2C(CCCC2(C)C)C1. The lowest BCUT2D eigenvalue weighted by atomic mass is 9.57. The van der Waals surface area contributed by atoms with E-state index in [1.807, 2.05) is 0 Å². The summed E-state index contributed by atoms with van der Waals surface area (Å²) in [5.41, 5.74) is 0.559. The molecule has 0 amide bonds. The second-order valence-electron chi connectivity index (χ2n) is 6.66. The van der Waals surface area contributed by atoms with Crippen molar-refractivity contribution in [3.8, 4) is 0 Å².